The molecule has 36 nitrogen and oxygen atoms in total. The van der Waals surface area contributed by atoms with Gasteiger partial charge in [0.15, 0.2) is 31.5 Å². The summed E-state index contributed by atoms with van der Waals surface area (Å²) in [5, 5.41) is 79.7. The maximum Gasteiger partial charge on any atom is 0.262 e. The van der Waals surface area contributed by atoms with Gasteiger partial charge in [0.05, 0.1) is 89.1 Å². The van der Waals surface area contributed by atoms with Crippen molar-refractivity contribution in [3.05, 3.63) is 142 Å². The van der Waals surface area contributed by atoms with E-state index in [-0.39, 0.29) is 65.2 Å². The Morgan fingerprint density at radius 3 is 0.845 bits per heavy atom. The summed E-state index contributed by atoms with van der Waals surface area (Å²) in [4.78, 5) is 106. The van der Waals surface area contributed by atoms with Crippen LogP contribution in [0, 0.1) is 5.92 Å². The van der Waals surface area contributed by atoms with Crippen molar-refractivity contribution in [2.24, 2.45) is 11.7 Å². The highest BCUT2D eigenvalue weighted by molar-refractivity contribution is 6.24. The molecular formula is C74H97N5O31. The lowest BCUT2D eigenvalue weighted by Gasteiger charge is -2.46. The summed E-state index contributed by atoms with van der Waals surface area (Å²) in [6.45, 7) is 2.67. The monoisotopic (exact) mass is 1550 g/mol. The molecule has 0 bridgehead atoms. The highest BCUT2D eigenvalue weighted by Crippen LogP contribution is 2.39. The van der Waals surface area contributed by atoms with Crippen LogP contribution in [0.2, 0.25) is 0 Å². The van der Waals surface area contributed by atoms with Crippen LogP contribution >= 0.6 is 0 Å². The summed E-state index contributed by atoms with van der Waals surface area (Å²) in [5.74, 6) is -4.27. The predicted octanol–water partition coefficient (Wildman–Crippen LogP) is -1.69. The average Bonchev–Trinajstić information content (AvgIpc) is 1.59. The summed E-state index contributed by atoms with van der Waals surface area (Å²) in [6, 6.07) is 21.9. The minimum absolute atomic E-state index is 0.173. The van der Waals surface area contributed by atoms with E-state index in [1.807, 2.05) is 13.8 Å². The number of carbonyl (C=O) groups is 8. The minimum Gasteiger partial charge on any atom is -0.394 e. The Bertz CT molecular complexity index is 3560. The third kappa shape index (κ3) is 16.6. The zero-order chi connectivity index (χ0) is 80.4. The lowest BCUT2D eigenvalue weighted by Crippen LogP contribution is -2.67. The maximum atomic E-state index is 13.0. The van der Waals surface area contributed by atoms with Gasteiger partial charge in [-0.1, -0.05) is 62.4 Å². The average molecular weight is 1550 g/mol. The number of imide groups is 4. The summed E-state index contributed by atoms with van der Waals surface area (Å²) in [6.07, 6.45) is -16.3. The van der Waals surface area contributed by atoms with Crippen molar-refractivity contribution in [2.45, 2.75) is 167 Å². The number of nitrogens with two attached hydrogens (primary N) is 1. The number of ether oxygens (including phenoxy) is 15. The number of nitrogens with zero attached hydrogens (tertiary/aromatic N) is 4. The second kappa shape index (κ2) is 38.3. The number of hydrogen-bond acceptors (Lipinski definition) is 32. The smallest absolute Gasteiger partial charge is 0.262 e. The van der Waals surface area contributed by atoms with E-state index in [0.29, 0.717) is 17.5 Å². The highest BCUT2D eigenvalue weighted by atomic mass is 16.7. The number of hydrogen-bond donors (Lipinski definition) is 9. The molecule has 9 heterocycles. The summed E-state index contributed by atoms with van der Waals surface area (Å²) >= 11 is 0. The van der Waals surface area contributed by atoms with Crippen molar-refractivity contribution in [3.8, 4) is 0 Å². The van der Waals surface area contributed by atoms with Crippen LogP contribution in [0.25, 0.3) is 0 Å². The Hall–Kier alpha value is -7.52. The van der Waals surface area contributed by atoms with Crippen LogP contribution in [0.5, 0.6) is 0 Å². The van der Waals surface area contributed by atoms with Gasteiger partial charge in [-0.15, -0.1) is 0 Å². The molecule has 4 aromatic rings. The normalized spacial score (nSPS) is 34.4. The fraction of sp³-hybridized carbons (Fsp3) is 0.568. The van der Waals surface area contributed by atoms with Gasteiger partial charge < -0.3 is 118 Å². The number of aliphatic hydroxyl groups is 8. The van der Waals surface area contributed by atoms with Crippen LogP contribution in [0.15, 0.2) is 97.1 Å². The maximum absolute atomic E-state index is 13.0. The van der Waals surface area contributed by atoms with Crippen LogP contribution < -0.4 is 5.73 Å². The van der Waals surface area contributed by atoms with Crippen LogP contribution in [-0.2, 0) is 71.1 Å². The van der Waals surface area contributed by atoms with E-state index in [9.17, 15) is 69.0 Å². The van der Waals surface area contributed by atoms with E-state index >= 15 is 0 Å². The molecule has 10 unspecified atom stereocenters. The van der Waals surface area contributed by atoms with E-state index < -0.39 is 195 Å². The number of amides is 8. The number of methoxy groups -OCH3 is 10. The molecule has 0 saturated carbocycles. The van der Waals surface area contributed by atoms with Crippen molar-refractivity contribution in [1.82, 2.24) is 19.6 Å². The van der Waals surface area contributed by atoms with Crippen molar-refractivity contribution in [3.63, 3.8) is 0 Å². The molecule has 5 fully saturated rings. The van der Waals surface area contributed by atoms with Gasteiger partial charge in [-0.05, 0) is 55.0 Å². The Kier molecular flexibility index (Phi) is 30.1. The van der Waals surface area contributed by atoms with Gasteiger partial charge in [-0.25, -0.2) is 0 Å². The first kappa shape index (κ1) is 86.5. The number of aliphatic hydroxyl groups excluding tert-OH is 8. The molecule has 9 aliphatic heterocycles. The van der Waals surface area contributed by atoms with Crippen LogP contribution in [0.4, 0.5) is 0 Å². The molecule has 110 heavy (non-hydrogen) atoms. The SMILES string of the molecule is CCC1OC(OC)[C@@H](N2C(=O)c3ccccc3C2=O)[C@@H](O)[C@@H]1OC.COC1OC(CN2C(=O)c3ccccc3C2=O)[C@@H](OC)[C@H](O)[C@@H]1N1C(=O)c2ccccc2C1=O.COC1OC(CO)[C@@H](OC)[C@H](O)[C@@H]1C.COC1OC(CO)[C@@H](OC)[C@H](O)[C@@H]1N.COC1OC(CO)[C@@H](OC)[C@H](O)[C@@H]1N1C(=O)c2ccccc2C1=O. The first-order valence-electron chi connectivity index (χ1n) is 35.2. The third-order valence-electron chi connectivity index (χ3n) is 20.7. The molecule has 4 aromatic carbocycles. The molecule has 8 amide bonds. The van der Waals surface area contributed by atoms with Gasteiger partial charge in [-0.3, -0.25) is 58.0 Å². The molecule has 10 N–H and O–H groups in total. The van der Waals surface area contributed by atoms with Gasteiger partial charge in [0.25, 0.3) is 47.3 Å². The minimum atomic E-state index is -1.41. The lowest BCUT2D eigenvalue weighted by molar-refractivity contribution is -0.279. The van der Waals surface area contributed by atoms with Gasteiger partial charge in [0.2, 0.25) is 0 Å². The van der Waals surface area contributed by atoms with Gasteiger partial charge in [-0.2, -0.15) is 0 Å². The Morgan fingerprint density at radius 2 is 0.564 bits per heavy atom. The number of benzene rings is 4. The Labute approximate surface area is 633 Å². The molecule has 604 valence electrons. The van der Waals surface area contributed by atoms with E-state index in [1.54, 1.807) is 84.9 Å². The zero-order valence-corrected chi connectivity index (χ0v) is 62.5. The first-order valence-corrected chi connectivity index (χ1v) is 35.2. The molecule has 0 radical (unpaired) electrons. The Morgan fingerprint density at radius 1 is 0.327 bits per heavy atom. The molecule has 25 atom stereocenters. The van der Waals surface area contributed by atoms with Crippen molar-refractivity contribution < 1.29 is 150 Å². The standard InChI is InChI=1S/C24H22N2O8.C17H21NO6.C16H19NO7.C9H18O5.C8H17NO5/c1-32-19-16(11-25-20(28)12-7-3-4-8-13(12)21(25)29)34-24(33-2)17(18(19)27)26-22(30)14-9-5-6-10-15(14)23(26)31;1-4-11-14(22-2)13(19)12(17(23-3)24-11)18-15(20)9-7-5-6-8-10(9)16(18)21;1-22-13-10(7-18)24-16(23-2)11(12(13)19)17-14(20)8-5-3-4-6-9(8)15(17)21;1-5-7(11)8(12-2)6(4-10)14-9(5)13-3;1-12-7-4(3-10)14-8(13-2)5(9)6(7)11/h3-10,16-19,24,27H,11H2,1-2H3;5-8,11-14,17,19H,4H2,1-3H3;3-6,10-13,16,18-19H,7H2,1-2H3;5-11H,4H2,1-3H3;4-8,10-11H,3,9H2,1-2H3/t16?,17-,18+,19+,24?;11?,12-,13+,14+,17?;10?,11-,12+,13+,16?;5-,6?,7+,8+,9?;4?,5-,6+,7+,8?/m00000/s1. The van der Waals surface area contributed by atoms with Crippen molar-refractivity contribution in [1.29, 1.82) is 0 Å². The van der Waals surface area contributed by atoms with Crippen LogP contribution in [-0.4, -0.2) is 352 Å². The number of rotatable bonds is 19. The molecule has 13 rings (SSSR count). The summed E-state index contributed by atoms with van der Waals surface area (Å²) < 4.78 is 80.1. The molecule has 0 aliphatic carbocycles. The third-order valence-corrected chi connectivity index (χ3v) is 20.7. The molecular weight excluding hydrogens is 1450 g/mol. The van der Waals surface area contributed by atoms with E-state index in [0.717, 1.165) is 19.6 Å². The van der Waals surface area contributed by atoms with Gasteiger partial charge in [0.1, 0.15) is 97.5 Å². The fourth-order valence-corrected chi connectivity index (χ4v) is 15.0. The number of fused-ring (bicyclic) bond motifs is 4. The molecule has 0 aromatic heterocycles. The predicted molar refractivity (Wildman–Crippen MR) is 375 cm³/mol. The van der Waals surface area contributed by atoms with E-state index in [1.165, 1.54) is 83.2 Å². The van der Waals surface area contributed by atoms with Crippen molar-refractivity contribution in [2.75, 3.05) is 97.5 Å². The summed E-state index contributed by atoms with van der Waals surface area (Å²) in [5.41, 5.74) is 7.82. The van der Waals surface area contributed by atoms with E-state index in [4.69, 9.17) is 87.0 Å². The van der Waals surface area contributed by atoms with Crippen LogP contribution in [0.3, 0.4) is 0 Å². The highest BCUT2D eigenvalue weighted by Gasteiger charge is 2.58. The quantitative estimate of drug-likeness (QED) is 0.0473. The Balaban J connectivity index is 0.000000165. The number of carbonyl (C=O) groups excluding carboxylic acids is 8. The molecule has 5 saturated heterocycles. The summed E-state index contributed by atoms with van der Waals surface area (Å²) in [7, 11) is 14.1. The molecule has 9 aliphatic rings. The topological polar surface area (TPSA) is 476 Å². The van der Waals surface area contributed by atoms with Crippen LogP contribution in [0.1, 0.15) is 103 Å². The van der Waals surface area contributed by atoms with Gasteiger partial charge in [0, 0.05) is 77.0 Å². The largest absolute Gasteiger partial charge is 0.394 e. The zero-order valence-electron chi connectivity index (χ0n) is 62.5. The molecule has 0 spiro atoms. The van der Waals surface area contributed by atoms with E-state index in [2.05, 4.69) is 0 Å². The fourth-order valence-electron chi connectivity index (χ4n) is 15.0. The van der Waals surface area contributed by atoms with Gasteiger partial charge >= 0.3 is 0 Å². The lowest BCUT2D eigenvalue weighted by atomic mass is 9.92. The first-order chi connectivity index (χ1) is 52.8. The second-order valence-electron chi connectivity index (χ2n) is 26.6. The second-order valence-corrected chi connectivity index (χ2v) is 26.6. The molecule has 36 heteroatoms. The van der Waals surface area contributed by atoms with Crippen molar-refractivity contribution >= 4 is 47.3 Å².